The lowest BCUT2D eigenvalue weighted by Gasteiger charge is -2.15. The molecule has 3 rings (SSSR count). The zero-order valence-electron chi connectivity index (χ0n) is 13.1. The fourth-order valence-corrected chi connectivity index (χ4v) is 3.21. The molecule has 4 heteroatoms. The van der Waals surface area contributed by atoms with Crippen LogP contribution in [0.2, 0.25) is 0 Å². The smallest absolute Gasteiger partial charge is 0.161 e. The number of rotatable bonds is 7. The van der Waals surface area contributed by atoms with E-state index in [4.69, 9.17) is 9.47 Å². The summed E-state index contributed by atoms with van der Waals surface area (Å²) in [5.41, 5.74) is 1.24. The van der Waals surface area contributed by atoms with Gasteiger partial charge >= 0.3 is 0 Å². The van der Waals surface area contributed by atoms with Gasteiger partial charge in [-0.2, -0.15) is 0 Å². The fourth-order valence-electron chi connectivity index (χ4n) is 3.21. The lowest BCUT2D eigenvalue weighted by molar-refractivity contribution is 0.312. The maximum atomic E-state index is 5.34. The van der Waals surface area contributed by atoms with Gasteiger partial charge in [0, 0.05) is 19.1 Å². The zero-order valence-corrected chi connectivity index (χ0v) is 13.1. The Morgan fingerprint density at radius 3 is 2.67 bits per heavy atom. The number of ether oxygens (including phenoxy) is 2. The van der Waals surface area contributed by atoms with Crippen LogP contribution < -0.4 is 14.8 Å². The average molecular weight is 290 g/mol. The van der Waals surface area contributed by atoms with Crippen LogP contribution in [0.1, 0.15) is 24.8 Å². The van der Waals surface area contributed by atoms with Crippen LogP contribution >= 0.6 is 0 Å². The van der Waals surface area contributed by atoms with Crippen molar-refractivity contribution in [2.24, 2.45) is 5.92 Å². The molecule has 0 aromatic heterocycles. The molecule has 1 aromatic rings. The van der Waals surface area contributed by atoms with Crippen molar-refractivity contribution in [3.8, 4) is 11.5 Å². The summed E-state index contributed by atoms with van der Waals surface area (Å²) in [6.45, 7) is 4.58. The van der Waals surface area contributed by atoms with Crippen LogP contribution in [0, 0.1) is 5.92 Å². The third-order valence-corrected chi connectivity index (χ3v) is 4.59. The molecule has 1 saturated heterocycles. The zero-order chi connectivity index (χ0) is 14.7. The molecule has 0 radical (unpaired) electrons. The summed E-state index contributed by atoms with van der Waals surface area (Å²) in [6.07, 6.45) is 4.19. The van der Waals surface area contributed by atoms with Gasteiger partial charge < -0.3 is 19.7 Å². The van der Waals surface area contributed by atoms with E-state index < -0.39 is 0 Å². The van der Waals surface area contributed by atoms with Crippen molar-refractivity contribution in [3.05, 3.63) is 23.8 Å². The number of nitrogens with one attached hydrogen (secondary N) is 1. The average Bonchev–Trinajstić information content (AvgIpc) is 3.27. The minimum absolute atomic E-state index is 0.789. The van der Waals surface area contributed by atoms with E-state index in [0.717, 1.165) is 36.5 Å². The summed E-state index contributed by atoms with van der Waals surface area (Å²) in [7, 11) is 3.35. The minimum Gasteiger partial charge on any atom is -0.493 e. The van der Waals surface area contributed by atoms with Gasteiger partial charge in [0.25, 0.3) is 0 Å². The summed E-state index contributed by atoms with van der Waals surface area (Å²) < 4.78 is 10.6. The Morgan fingerprint density at radius 2 is 1.95 bits per heavy atom. The summed E-state index contributed by atoms with van der Waals surface area (Å²) in [6, 6.07) is 7.04. The summed E-state index contributed by atoms with van der Waals surface area (Å²) >= 11 is 0. The van der Waals surface area contributed by atoms with E-state index in [1.807, 2.05) is 6.07 Å². The maximum absolute atomic E-state index is 5.34. The van der Waals surface area contributed by atoms with E-state index in [1.165, 1.54) is 37.9 Å². The number of likely N-dealkylation sites (tertiary alicyclic amines) is 1. The highest BCUT2D eigenvalue weighted by Crippen LogP contribution is 2.31. The van der Waals surface area contributed by atoms with Crippen molar-refractivity contribution in [3.63, 3.8) is 0 Å². The predicted octanol–water partition coefficient (Wildman–Crippen LogP) is 2.28. The molecule has 116 valence electrons. The van der Waals surface area contributed by atoms with Crippen molar-refractivity contribution >= 4 is 0 Å². The monoisotopic (exact) mass is 290 g/mol. The van der Waals surface area contributed by atoms with Gasteiger partial charge in [-0.1, -0.05) is 6.07 Å². The van der Waals surface area contributed by atoms with Gasteiger partial charge in [-0.3, -0.25) is 0 Å². The summed E-state index contributed by atoms with van der Waals surface area (Å²) in [5, 5.41) is 3.59. The highest BCUT2D eigenvalue weighted by Gasteiger charge is 2.33. The van der Waals surface area contributed by atoms with E-state index in [1.54, 1.807) is 14.2 Å². The Labute approximate surface area is 127 Å². The molecule has 1 aromatic carbocycles. The Bertz CT molecular complexity index is 474. The van der Waals surface area contributed by atoms with E-state index in [9.17, 15) is 0 Å². The Kier molecular flexibility index (Phi) is 4.66. The van der Waals surface area contributed by atoms with Crippen LogP contribution in [0.5, 0.6) is 11.5 Å². The molecule has 21 heavy (non-hydrogen) atoms. The second-order valence-corrected chi connectivity index (χ2v) is 6.20. The molecule has 0 unspecified atom stereocenters. The number of hydrogen-bond donors (Lipinski definition) is 1. The molecule has 0 amide bonds. The van der Waals surface area contributed by atoms with Gasteiger partial charge in [-0.15, -0.1) is 0 Å². The topological polar surface area (TPSA) is 33.7 Å². The Hall–Kier alpha value is -1.26. The van der Waals surface area contributed by atoms with Crippen molar-refractivity contribution in [1.29, 1.82) is 0 Å². The number of nitrogens with zero attached hydrogens (tertiary/aromatic N) is 1. The van der Waals surface area contributed by atoms with Crippen molar-refractivity contribution in [1.82, 2.24) is 10.2 Å². The third-order valence-electron chi connectivity index (χ3n) is 4.59. The highest BCUT2D eigenvalue weighted by molar-refractivity contribution is 5.42. The molecular formula is C17H26N2O2. The first-order chi connectivity index (χ1) is 10.3. The van der Waals surface area contributed by atoms with E-state index in [-0.39, 0.29) is 0 Å². The van der Waals surface area contributed by atoms with Gasteiger partial charge in [0.05, 0.1) is 14.2 Å². The largest absolute Gasteiger partial charge is 0.493 e. The molecule has 1 saturated carbocycles. The minimum atomic E-state index is 0.789. The van der Waals surface area contributed by atoms with E-state index in [0.29, 0.717) is 0 Å². The van der Waals surface area contributed by atoms with E-state index >= 15 is 0 Å². The lowest BCUT2D eigenvalue weighted by atomic mass is 10.1. The molecule has 0 bridgehead atoms. The number of hydrogen-bond acceptors (Lipinski definition) is 4. The Morgan fingerprint density at radius 1 is 1.14 bits per heavy atom. The first-order valence-electron chi connectivity index (χ1n) is 7.96. The molecule has 2 aliphatic rings. The highest BCUT2D eigenvalue weighted by atomic mass is 16.5. The van der Waals surface area contributed by atoms with Gasteiger partial charge in [0.2, 0.25) is 0 Å². The van der Waals surface area contributed by atoms with Crippen molar-refractivity contribution < 1.29 is 9.47 Å². The molecule has 1 heterocycles. The molecule has 0 spiro atoms. The standard InChI is InChI=1S/C17H26N2O2/c1-20-16-6-3-13(9-17(16)21-2)10-18-11-14-7-8-19(12-14)15-4-5-15/h3,6,9,14-15,18H,4-5,7-8,10-12H2,1-2H3/t14-/m0/s1. The van der Waals surface area contributed by atoms with Gasteiger partial charge in [-0.05, 0) is 56.0 Å². The van der Waals surface area contributed by atoms with Crippen LogP contribution in [0.4, 0.5) is 0 Å². The molecule has 1 aliphatic carbocycles. The molecular weight excluding hydrogens is 264 g/mol. The SMILES string of the molecule is COc1ccc(CNC[C@@H]2CCN(C3CC3)C2)cc1OC. The first-order valence-corrected chi connectivity index (χ1v) is 7.96. The van der Waals surface area contributed by atoms with Gasteiger partial charge in [-0.25, -0.2) is 0 Å². The van der Waals surface area contributed by atoms with Gasteiger partial charge in [0.1, 0.15) is 0 Å². The van der Waals surface area contributed by atoms with Crippen LogP contribution in [0.15, 0.2) is 18.2 Å². The lowest BCUT2D eigenvalue weighted by Crippen LogP contribution is -2.27. The fraction of sp³-hybridized carbons (Fsp3) is 0.647. The first kappa shape index (κ1) is 14.7. The van der Waals surface area contributed by atoms with Crippen molar-refractivity contribution in [2.45, 2.75) is 31.8 Å². The summed E-state index contributed by atoms with van der Waals surface area (Å²) in [4.78, 5) is 2.67. The second kappa shape index (κ2) is 6.67. The predicted molar refractivity (Wildman–Crippen MR) is 84.0 cm³/mol. The van der Waals surface area contributed by atoms with Crippen LogP contribution in [-0.4, -0.2) is 44.8 Å². The van der Waals surface area contributed by atoms with Crippen LogP contribution in [0.25, 0.3) is 0 Å². The maximum Gasteiger partial charge on any atom is 0.161 e. The van der Waals surface area contributed by atoms with Crippen LogP contribution in [0.3, 0.4) is 0 Å². The van der Waals surface area contributed by atoms with E-state index in [2.05, 4.69) is 22.3 Å². The molecule has 2 fully saturated rings. The molecule has 4 nitrogen and oxygen atoms in total. The van der Waals surface area contributed by atoms with Gasteiger partial charge in [0.15, 0.2) is 11.5 Å². The summed E-state index contributed by atoms with van der Waals surface area (Å²) in [5.74, 6) is 2.40. The molecule has 1 aliphatic heterocycles. The molecule has 1 N–H and O–H groups in total. The third kappa shape index (κ3) is 3.69. The van der Waals surface area contributed by atoms with Crippen LogP contribution in [-0.2, 0) is 6.54 Å². The number of benzene rings is 1. The number of methoxy groups -OCH3 is 2. The normalized spacial score (nSPS) is 22.5. The quantitative estimate of drug-likeness (QED) is 0.835. The Balaban J connectivity index is 1.44. The van der Waals surface area contributed by atoms with Crippen molar-refractivity contribution in [2.75, 3.05) is 33.9 Å². The molecule has 1 atom stereocenters. The second-order valence-electron chi connectivity index (χ2n) is 6.20.